The van der Waals surface area contributed by atoms with Crippen LogP contribution in [0.25, 0.3) is 0 Å². The second kappa shape index (κ2) is 12.0. The molecule has 0 aromatic heterocycles. The number of carbonyl (C=O) groups is 1. The molecule has 6 heteroatoms. The van der Waals surface area contributed by atoms with Crippen LogP contribution in [0.5, 0.6) is 0 Å². The maximum absolute atomic E-state index is 10.2. The van der Waals surface area contributed by atoms with Crippen molar-refractivity contribution >= 4 is 5.97 Å². The lowest BCUT2D eigenvalue weighted by molar-refractivity contribution is -0.169. The van der Waals surface area contributed by atoms with Gasteiger partial charge in [-0.3, -0.25) is 0 Å². The van der Waals surface area contributed by atoms with E-state index < -0.39 is 5.97 Å². The Morgan fingerprint density at radius 3 is 2.29 bits per heavy atom. The van der Waals surface area contributed by atoms with Crippen LogP contribution in [0.3, 0.4) is 0 Å². The summed E-state index contributed by atoms with van der Waals surface area (Å²) in [6, 6.07) is 8.30. The molecular formula is C18H28O6. The lowest BCUT2D eigenvalue weighted by atomic mass is 10.0. The Morgan fingerprint density at radius 2 is 1.79 bits per heavy atom. The Kier molecular flexibility index (Phi) is 10.3. The first-order valence-corrected chi connectivity index (χ1v) is 8.24. The molecule has 1 saturated heterocycles. The predicted molar refractivity (Wildman–Crippen MR) is 90.5 cm³/mol. The molecule has 1 fully saturated rings. The van der Waals surface area contributed by atoms with Gasteiger partial charge in [-0.15, -0.1) is 0 Å². The molecule has 1 aliphatic rings. The van der Waals surface area contributed by atoms with E-state index in [1.54, 1.807) is 37.4 Å². The third-order valence-corrected chi connectivity index (χ3v) is 3.54. The van der Waals surface area contributed by atoms with Crippen molar-refractivity contribution in [3.05, 3.63) is 35.9 Å². The molecule has 24 heavy (non-hydrogen) atoms. The number of benzene rings is 1. The zero-order chi connectivity index (χ0) is 17.8. The number of rotatable bonds is 7. The van der Waals surface area contributed by atoms with Crippen LogP contribution >= 0.6 is 0 Å². The van der Waals surface area contributed by atoms with Crippen LogP contribution in [-0.2, 0) is 18.9 Å². The molecule has 1 aliphatic heterocycles. The second-order valence-corrected chi connectivity index (χ2v) is 5.31. The van der Waals surface area contributed by atoms with Gasteiger partial charge in [-0.25, -0.2) is 4.79 Å². The van der Waals surface area contributed by atoms with Gasteiger partial charge in [0.1, 0.15) is 6.10 Å². The molecule has 136 valence electrons. The number of hydrogen-bond donors (Lipinski definition) is 1. The van der Waals surface area contributed by atoms with Gasteiger partial charge in [-0.2, -0.15) is 0 Å². The molecule has 0 aliphatic carbocycles. The Labute approximate surface area is 143 Å². The average Bonchev–Trinajstić information content (AvgIpc) is 2.59. The second-order valence-electron chi connectivity index (χ2n) is 5.31. The molecule has 0 spiro atoms. The molecule has 0 radical (unpaired) electrons. The van der Waals surface area contributed by atoms with Crippen LogP contribution in [0, 0.1) is 0 Å². The number of carboxylic acids is 1. The fraction of sp³-hybridized carbons (Fsp3) is 0.611. The average molecular weight is 340 g/mol. The molecule has 1 N–H and O–H groups in total. The minimum absolute atomic E-state index is 0.0723. The molecule has 0 saturated carbocycles. The maximum Gasteiger partial charge on any atom is 0.335 e. The lowest BCUT2D eigenvalue weighted by Crippen LogP contribution is -2.45. The number of hydrogen-bond acceptors (Lipinski definition) is 5. The Hall–Kier alpha value is -1.47. The monoisotopic (exact) mass is 340 g/mol. The Balaban J connectivity index is 0.000000272. The SMILES string of the molecule is CCOC1COC(COC)CC1OCC.O=C(O)c1ccccc1. The van der Waals surface area contributed by atoms with Crippen LogP contribution in [0.15, 0.2) is 30.3 Å². The molecule has 0 bridgehead atoms. The van der Waals surface area contributed by atoms with Crippen LogP contribution in [0.2, 0.25) is 0 Å². The Morgan fingerprint density at radius 1 is 1.17 bits per heavy atom. The van der Waals surface area contributed by atoms with E-state index in [-0.39, 0.29) is 18.3 Å². The molecule has 1 aromatic carbocycles. The van der Waals surface area contributed by atoms with E-state index in [9.17, 15) is 4.79 Å². The quantitative estimate of drug-likeness (QED) is 0.822. The highest BCUT2D eigenvalue weighted by molar-refractivity contribution is 5.87. The van der Waals surface area contributed by atoms with Gasteiger partial charge in [0.05, 0.1) is 31.0 Å². The van der Waals surface area contributed by atoms with Crippen molar-refractivity contribution in [1.29, 1.82) is 0 Å². The molecule has 0 amide bonds. The van der Waals surface area contributed by atoms with Gasteiger partial charge in [-0.1, -0.05) is 18.2 Å². The zero-order valence-electron chi connectivity index (χ0n) is 14.6. The van der Waals surface area contributed by atoms with Crippen molar-refractivity contribution in [2.24, 2.45) is 0 Å². The fourth-order valence-corrected chi connectivity index (χ4v) is 2.46. The highest BCUT2D eigenvalue weighted by Crippen LogP contribution is 2.20. The van der Waals surface area contributed by atoms with Crippen molar-refractivity contribution in [2.75, 3.05) is 33.5 Å². The van der Waals surface area contributed by atoms with Gasteiger partial charge in [-0.05, 0) is 26.0 Å². The van der Waals surface area contributed by atoms with Crippen molar-refractivity contribution < 1.29 is 28.8 Å². The third kappa shape index (κ3) is 7.40. The van der Waals surface area contributed by atoms with Crippen molar-refractivity contribution in [1.82, 2.24) is 0 Å². The molecule has 2 rings (SSSR count). The van der Waals surface area contributed by atoms with E-state index in [0.29, 0.717) is 32.0 Å². The van der Waals surface area contributed by atoms with Gasteiger partial charge >= 0.3 is 5.97 Å². The van der Waals surface area contributed by atoms with E-state index in [4.69, 9.17) is 24.1 Å². The molecule has 3 unspecified atom stereocenters. The van der Waals surface area contributed by atoms with Crippen molar-refractivity contribution in [3.8, 4) is 0 Å². The summed E-state index contributed by atoms with van der Waals surface area (Å²) >= 11 is 0. The van der Waals surface area contributed by atoms with Crippen LogP contribution < -0.4 is 0 Å². The highest BCUT2D eigenvalue weighted by Gasteiger charge is 2.32. The Bertz CT molecular complexity index is 450. The van der Waals surface area contributed by atoms with Gasteiger partial charge in [0.15, 0.2) is 0 Å². The molecule has 1 aromatic rings. The van der Waals surface area contributed by atoms with E-state index in [1.807, 2.05) is 13.8 Å². The first-order valence-electron chi connectivity index (χ1n) is 8.24. The number of methoxy groups -OCH3 is 1. The van der Waals surface area contributed by atoms with Gasteiger partial charge < -0.3 is 24.1 Å². The first-order chi connectivity index (χ1) is 11.6. The molecule has 6 nitrogen and oxygen atoms in total. The lowest BCUT2D eigenvalue weighted by Gasteiger charge is -2.35. The highest BCUT2D eigenvalue weighted by atomic mass is 16.6. The number of carboxylic acid groups (broad SMARTS) is 1. The predicted octanol–water partition coefficient (Wildman–Crippen LogP) is 2.62. The first kappa shape index (κ1) is 20.6. The maximum atomic E-state index is 10.2. The van der Waals surface area contributed by atoms with E-state index in [2.05, 4.69) is 0 Å². The summed E-state index contributed by atoms with van der Waals surface area (Å²) in [6.45, 7) is 6.64. The standard InChI is InChI=1S/C11H22O4.C7H6O2/c1-4-13-10-6-9(7-12-3)15-8-11(10)14-5-2;8-7(9)6-4-2-1-3-5-6/h9-11H,4-8H2,1-3H3;1-5H,(H,8,9). The largest absolute Gasteiger partial charge is 0.478 e. The normalized spacial score (nSPS) is 23.2. The van der Waals surface area contributed by atoms with E-state index in [0.717, 1.165) is 6.42 Å². The summed E-state index contributed by atoms with van der Waals surface area (Å²) in [5.74, 6) is -0.879. The van der Waals surface area contributed by atoms with Crippen LogP contribution in [-0.4, -0.2) is 62.9 Å². The van der Waals surface area contributed by atoms with E-state index in [1.165, 1.54) is 0 Å². The molecule has 3 atom stereocenters. The topological polar surface area (TPSA) is 74.2 Å². The number of ether oxygens (including phenoxy) is 4. The summed E-state index contributed by atoms with van der Waals surface area (Å²) < 4.78 is 22.0. The summed E-state index contributed by atoms with van der Waals surface area (Å²) in [5.41, 5.74) is 0.331. The smallest absolute Gasteiger partial charge is 0.335 e. The van der Waals surface area contributed by atoms with E-state index >= 15 is 0 Å². The minimum atomic E-state index is -0.879. The van der Waals surface area contributed by atoms with Crippen molar-refractivity contribution in [3.63, 3.8) is 0 Å². The van der Waals surface area contributed by atoms with Gasteiger partial charge in [0, 0.05) is 26.7 Å². The van der Waals surface area contributed by atoms with Gasteiger partial charge in [0.2, 0.25) is 0 Å². The summed E-state index contributed by atoms with van der Waals surface area (Å²) in [4.78, 5) is 10.2. The van der Waals surface area contributed by atoms with Crippen LogP contribution in [0.4, 0.5) is 0 Å². The summed E-state index contributed by atoms with van der Waals surface area (Å²) in [7, 11) is 1.69. The minimum Gasteiger partial charge on any atom is -0.478 e. The van der Waals surface area contributed by atoms with Crippen LogP contribution in [0.1, 0.15) is 30.6 Å². The molecule has 1 heterocycles. The molecular weight excluding hydrogens is 312 g/mol. The van der Waals surface area contributed by atoms with Crippen molar-refractivity contribution in [2.45, 2.75) is 38.6 Å². The summed E-state index contributed by atoms with van der Waals surface area (Å²) in [5, 5.41) is 8.38. The fourth-order valence-electron chi connectivity index (χ4n) is 2.46. The number of aromatic carboxylic acids is 1. The zero-order valence-corrected chi connectivity index (χ0v) is 14.6. The third-order valence-electron chi connectivity index (χ3n) is 3.54. The van der Waals surface area contributed by atoms with Gasteiger partial charge in [0.25, 0.3) is 0 Å². The summed E-state index contributed by atoms with van der Waals surface area (Å²) in [6.07, 6.45) is 1.21.